The standard InChI is InChI=1S/C23H19N5O4S/c1-13-7-18(27-9-15(10-27)17(29)8-14-5-3-2-4-6-14)26-21-19(13)20(30)16(22(31)32)11-28(21)23-24-12-25-33-23/h2-7,11-12,15H,8-10H2,1H3,(H,31,32). The number of aromatic carboxylic acids is 1. The number of nitrogens with zero attached hydrogens (tertiary/aromatic N) is 5. The monoisotopic (exact) mass is 461 g/mol. The molecule has 0 aliphatic carbocycles. The zero-order valence-electron chi connectivity index (χ0n) is 17.6. The number of pyridine rings is 2. The Morgan fingerprint density at radius 3 is 2.64 bits per heavy atom. The lowest BCUT2D eigenvalue weighted by Gasteiger charge is -2.39. The molecule has 5 rings (SSSR count). The molecule has 0 saturated carbocycles. The maximum atomic E-state index is 12.9. The van der Waals surface area contributed by atoms with E-state index < -0.39 is 11.4 Å². The van der Waals surface area contributed by atoms with Gasteiger partial charge in [0.25, 0.3) is 0 Å². The summed E-state index contributed by atoms with van der Waals surface area (Å²) in [6, 6.07) is 11.4. The number of Topliss-reactive ketones (excluding diaryl/α,β-unsaturated/α-hetero) is 1. The van der Waals surface area contributed by atoms with E-state index in [1.54, 1.807) is 13.0 Å². The number of aryl methyl sites for hydroxylation is 1. The minimum absolute atomic E-state index is 0.0808. The molecule has 9 nitrogen and oxygen atoms in total. The van der Waals surface area contributed by atoms with Crippen LogP contribution in [-0.2, 0) is 11.2 Å². The Hall–Kier alpha value is -3.92. The fourth-order valence-corrected chi connectivity index (χ4v) is 4.53. The Bertz CT molecular complexity index is 1430. The lowest BCUT2D eigenvalue weighted by molar-refractivity contribution is -0.122. The Morgan fingerprint density at radius 1 is 1.21 bits per heavy atom. The molecule has 166 valence electrons. The predicted molar refractivity (Wildman–Crippen MR) is 123 cm³/mol. The van der Waals surface area contributed by atoms with E-state index >= 15 is 0 Å². The molecule has 10 heteroatoms. The number of rotatable bonds is 6. The SMILES string of the molecule is Cc1cc(N2CC(C(=O)Cc3ccccc3)C2)nc2c1c(=O)c(C(=O)O)cn2-c1ncns1. The Kier molecular flexibility index (Phi) is 5.21. The number of benzene rings is 1. The third kappa shape index (κ3) is 3.78. The quantitative estimate of drug-likeness (QED) is 0.465. The summed E-state index contributed by atoms with van der Waals surface area (Å²) in [5.74, 6) is -0.578. The minimum Gasteiger partial charge on any atom is -0.477 e. The Labute approximate surface area is 192 Å². The van der Waals surface area contributed by atoms with Gasteiger partial charge in [0.15, 0.2) is 5.65 Å². The van der Waals surface area contributed by atoms with Crippen LogP contribution in [0.4, 0.5) is 5.82 Å². The Morgan fingerprint density at radius 2 is 1.97 bits per heavy atom. The number of hydrogen-bond acceptors (Lipinski definition) is 8. The average Bonchev–Trinajstić information content (AvgIpc) is 3.28. The smallest absolute Gasteiger partial charge is 0.341 e. The van der Waals surface area contributed by atoms with Crippen molar-refractivity contribution < 1.29 is 14.7 Å². The summed E-state index contributed by atoms with van der Waals surface area (Å²) in [5, 5.41) is 10.1. The first-order valence-corrected chi connectivity index (χ1v) is 11.1. The van der Waals surface area contributed by atoms with Crippen molar-refractivity contribution >= 4 is 40.1 Å². The van der Waals surface area contributed by atoms with Crippen molar-refractivity contribution in [1.82, 2.24) is 18.9 Å². The summed E-state index contributed by atoms with van der Waals surface area (Å²) in [6.07, 6.45) is 3.00. The van der Waals surface area contributed by atoms with E-state index in [4.69, 9.17) is 0 Å². The van der Waals surface area contributed by atoms with Crippen molar-refractivity contribution in [3.05, 3.63) is 75.8 Å². The molecule has 33 heavy (non-hydrogen) atoms. The number of ketones is 1. The molecule has 4 aromatic rings. The van der Waals surface area contributed by atoms with Crippen LogP contribution in [-0.4, -0.2) is 48.9 Å². The van der Waals surface area contributed by atoms with E-state index in [2.05, 4.69) is 14.3 Å². The predicted octanol–water partition coefficient (Wildman–Crippen LogP) is 2.49. The highest BCUT2D eigenvalue weighted by molar-refractivity contribution is 7.08. The van der Waals surface area contributed by atoms with Gasteiger partial charge in [-0.25, -0.2) is 14.8 Å². The van der Waals surface area contributed by atoms with Gasteiger partial charge in [0.2, 0.25) is 10.6 Å². The first kappa shape index (κ1) is 21.0. The number of carboxylic acids is 1. The highest BCUT2D eigenvalue weighted by Gasteiger charge is 2.34. The molecule has 0 unspecified atom stereocenters. The van der Waals surface area contributed by atoms with E-state index in [9.17, 15) is 19.5 Å². The zero-order valence-corrected chi connectivity index (χ0v) is 18.5. The number of fused-ring (bicyclic) bond motifs is 1. The second kappa shape index (κ2) is 8.21. The molecular formula is C23H19N5O4S. The minimum atomic E-state index is -1.31. The molecule has 1 fully saturated rings. The molecule has 4 heterocycles. The number of carbonyl (C=O) groups excluding carboxylic acids is 1. The number of carboxylic acid groups (broad SMARTS) is 1. The highest BCUT2D eigenvalue weighted by atomic mass is 32.1. The van der Waals surface area contributed by atoms with Gasteiger partial charge in [0.05, 0.1) is 11.3 Å². The molecule has 3 aromatic heterocycles. The molecule has 1 aliphatic heterocycles. The van der Waals surface area contributed by atoms with E-state index in [0.717, 1.165) is 17.1 Å². The second-order valence-electron chi connectivity index (χ2n) is 8.00. The third-order valence-corrected chi connectivity index (χ3v) is 6.48. The van der Waals surface area contributed by atoms with Crippen LogP contribution < -0.4 is 10.3 Å². The maximum Gasteiger partial charge on any atom is 0.341 e. The molecule has 1 N–H and O–H groups in total. The van der Waals surface area contributed by atoms with Crippen LogP contribution >= 0.6 is 11.5 Å². The lowest BCUT2D eigenvalue weighted by Crippen LogP contribution is -2.51. The number of hydrogen-bond donors (Lipinski definition) is 1. The van der Waals surface area contributed by atoms with Gasteiger partial charge in [-0.1, -0.05) is 30.3 Å². The summed E-state index contributed by atoms with van der Waals surface area (Å²) in [5.41, 5.74) is 0.979. The van der Waals surface area contributed by atoms with Gasteiger partial charge in [-0.3, -0.25) is 14.2 Å². The summed E-state index contributed by atoms with van der Waals surface area (Å²) in [4.78, 5) is 48.0. The normalized spacial score (nSPS) is 13.8. The largest absolute Gasteiger partial charge is 0.477 e. The van der Waals surface area contributed by atoms with Gasteiger partial charge in [0.1, 0.15) is 23.5 Å². The van der Waals surface area contributed by atoms with Crippen LogP contribution in [0.1, 0.15) is 21.5 Å². The second-order valence-corrected chi connectivity index (χ2v) is 8.76. The van der Waals surface area contributed by atoms with Gasteiger partial charge < -0.3 is 10.0 Å². The number of anilines is 1. The fourth-order valence-electron chi connectivity index (χ4n) is 4.02. The van der Waals surface area contributed by atoms with Crippen molar-refractivity contribution in [2.45, 2.75) is 13.3 Å². The van der Waals surface area contributed by atoms with Crippen molar-refractivity contribution in [1.29, 1.82) is 0 Å². The van der Waals surface area contributed by atoms with E-state index in [1.165, 1.54) is 17.1 Å². The molecule has 0 spiro atoms. The van der Waals surface area contributed by atoms with Crippen molar-refractivity contribution in [2.75, 3.05) is 18.0 Å². The van der Waals surface area contributed by atoms with E-state index in [1.807, 2.05) is 35.2 Å². The maximum absolute atomic E-state index is 12.9. The van der Waals surface area contributed by atoms with Crippen molar-refractivity contribution in [3.63, 3.8) is 0 Å². The third-order valence-electron chi connectivity index (χ3n) is 5.81. The first-order chi connectivity index (χ1) is 15.9. The molecule has 0 amide bonds. The average molecular weight is 462 g/mol. The zero-order chi connectivity index (χ0) is 23.1. The Balaban J connectivity index is 1.48. The van der Waals surface area contributed by atoms with Gasteiger partial charge in [0, 0.05) is 37.2 Å². The van der Waals surface area contributed by atoms with Gasteiger partial charge in [-0.15, -0.1) is 0 Å². The van der Waals surface area contributed by atoms with Crippen LogP contribution in [0.25, 0.3) is 16.2 Å². The van der Waals surface area contributed by atoms with Crippen LogP contribution in [0.3, 0.4) is 0 Å². The molecule has 1 aliphatic rings. The topological polar surface area (TPSA) is 118 Å². The summed E-state index contributed by atoms with van der Waals surface area (Å²) in [7, 11) is 0. The summed E-state index contributed by atoms with van der Waals surface area (Å²) < 4.78 is 5.47. The van der Waals surface area contributed by atoms with Crippen LogP contribution in [0.15, 0.2) is 53.7 Å². The van der Waals surface area contributed by atoms with E-state index in [-0.39, 0.29) is 22.7 Å². The number of aromatic nitrogens is 4. The molecule has 0 bridgehead atoms. The summed E-state index contributed by atoms with van der Waals surface area (Å²) in [6.45, 7) is 2.84. The lowest BCUT2D eigenvalue weighted by atomic mass is 9.91. The van der Waals surface area contributed by atoms with Gasteiger partial charge in [-0.05, 0) is 24.1 Å². The number of carbonyl (C=O) groups is 2. The van der Waals surface area contributed by atoms with Crippen LogP contribution in [0.5, 0.6) is 0 Å². The first-order valence-electron chi connectivity index (χ1n) is 10.3. The van der Waals surface area contributed by atoms with E-state index in [0.29, 0.717) is 41.7 Å². The van der Waals surface area contributed by atoms with Crippen LogP contribution in [0, 0.1) is 12.8 Å². The molecule has 0 radical (unpaired) electrons. The van der Waals surface area contributed by atoms with Crippen molar-refractivity contribution in [2.24, 2.45) is 5.92 Å². The van der Waals surface area contributed by atoms with Gasteiger partial charge in [-0.2, -0.15) is 4.37 Å². The molecule has 0 atom stereocenters. The fraction of sp³-hybridized carbons (Fsp3) is 0.217. The molecular weight excluding hydrogens is 442 g/mol. The molecule has 1 saturated heterocycles. The van der Waals surface area contributed by atoms with Crippen LogP contribution in [0.2, 0.25) is 0 Å². The highest BCUT2D eigenvalue weighted by Crippen LogP contribution is 2.29. The van der Waals surface area contributed by atoms with Gasteiger partial charge >= 0.3 is 5.97 Å². The summed E-state index contributed by atoms with van der Waals surface area (Å²) >= 11 is 1.07. The molecule has 1 aromatic carbocycles. The van der Waals surface area contributed by atoms with Crippen molar-refractivity contribution in [3.8, 4) is 5.13 Å².